The molecule has 2 nitrogen and oxygen atoms in total. The second-order valence-corrected chi connectivity index (χ2v) is 11.4. The Balaban J connectivity index is 0.000000242. The summed E-state index contributed by atoms with van der Waals surface area (Å²) in [5, 5.41) is 0. The zero-order valence-electron chi connectivity index (χ0n) is 19.5. The lowest BCUT2D eigenvalue weighted by Gasteiger charge is -2.17. The van der Waals surface area contributed by atoms with Gasteiger partial charge in [0.05, 0.1) is 0 Å². The van der Waals surface area contributed by atoms with E-state index in [4.69, 9.17) is 0 Å². The minimum atomic E-state index is -6.30. The van der Waals surface area contributed by atoms with Gasteiger partial charge in [0.2, 0.25) is 5.78 Å². The molecule has 4 aromatic carbocycles. The lowest BCUT2D eigenvalue weighted by Crippen LogP contribution is -2.41. The minimum absolute atomic E-state index is 0.0390. The Bertz CT molecular complexity index is 1440. The molecule has 0 aliphatic rings. The highest BCUT2D eigenvalue weighted by molar-refractivity contribution is 9.10. The second kappa shape index (κ2) is 12.2. The van der Waals surface area contributed by atoms with E-state index in [1.54, 1.807) is 12.1 Å². The zero-order chi connectivity index (χ0) is 29.0. The molecule has 0 aromatic heterocycles. The van der Waals surface area contributed by atoms with Crippen molar-refractivity contribution in [3.8, 4) is 0 Å². The largest absolute Gasteiger partial charge is 0.515 e. The molecule has 0 saturated heterocycles. The van der Waals surface area contributed by atoms with E-state index >= 15 is 0 Å². The van der Waals surface area contributed by atoms with Crippen LogP contribution in [0.3, 0.4) is 0 Å². The van der Waals surface area contributed by atoms with E-state index in [2.05, 4.69) is 15.9 Å². The van der Waals surface area contributed by atoms with Crippen LogP contribution in [-0.2, 0) is 14.1 Å². The molecular formula is C26H16BBrF8O2S. The molecule has 0 N–H and O–H groups in total. The van der Waals surface area contributed by atoms with Crippen LogP contribution >= 0.6 is 15.9 Å². The predicted molar refractivity (Wildman–Crippen MR) is 136 cm³/mol. The fourth-order valence-electron chi connectivity index (χ4n) is 3.40. The quantitative estimate of drug-likeness (QED) is 0.0544. The van der Waals surface area contributed by atoms with E-state index in [1.165, 1.54) is 0 Å². The van der Waals surface area contributed by atoms with E-state index in [-0.39, 0.29) is 11.5 Å². The van der Waals surface area contributed by atoms with Crippen LogP contribution in [0, 0.1) is 29.1 Å². The van der Waals surface area contributed by atoms with Gasteiger partial charge in [0.1, 0.15) is 11.6 Å². The predicted octanol–water partition coefficient (Wildman–Crippen LogP) is 7.69. The fourth-order valence-corrected chi connectivity index (χ4v) is 6.00. The second-order valence-electron chi connectivity index (χ2n) is 7.93. The number of ketones is 1. The topological polar surface area (TPSA) is 34.1 Å². The molecule has 0 atom stereocenters. The van der Waals surface area contributed by atoms with Crippen LogP contribution in [0.2, 0.25) is 0 Å². The van der Waals surface area contributed by atoms with Crippen LogP contribution in [-0.4, -0.2) is 18.5 Å². The van der Waals surface area contributed by atoms with Gasteiger partial charge >= 0.3 is 6.98 Å². The number of hydrogen-bond acceptors (Lipinski definition) is 2. The standard InChI is InChI=1S/C20H16BrO2S.C6BF8/c21-17-13-11-16(12-14-17)20(22)15-24(23,18-7-3-1-4-8-18)19-9-5-2-6-10-19;8-2-1(7(13,14)15)3(9)5(11)6(12)4(2)10/h1-14H,15H2;/q+1;-1. The molecule has 204 valence electrons. The SMILES string of the molecule is Fc1c(F)c(F)c([B-](F)(F)F)c(F)c1F.O=C(C[S+](=O)(c1ccccc1)c1ccccc1)c1ccc(Br)cc1. The first kappa shape index (κ1) is 30.2. The van der Waals surface area contributed by atoms with Gasteiger partial charge in [-0.3, -0.25) is 4.79 Å². The Morgan fingerprint density at radius 2 is 1.03 bits per heavy atom. The van der Waals surface area contributed by atoms with Crippen molar-refractivity contribution >= 4 is 44.1 Å². The molecule has 0 amide bonds. The van der Waals surface area contributed by atoms with Gasteiger partial charge in [-0.25, -0.2) is 22.0 Å². The van der Waals surface area contributed by atoms with Gasteiger partial charge in [0.15, 0.2) is 42.9 Å². The fraction of sp³-hybridized carbons (Fsp3) is 0.0385. The van der Waals surface area contributed by atoms with E-state index in [0.717, 1.165) is 4.47 Å². The lowest BCUT2D eigenvalue weighted by molar-refractivity contribution is 0.102. The third kappa shape index (κ3) is 6.82. The smallest absolute Gasteiger partial charge is 0.445 e. The molecule has 0 spiro atoms. The van der Waals surface area contributed by atoms with Crippen molar-refractivity contribution in [2.75, 3.05) is 5.75 Å². The number of benzene rings is 4. The molecule has 4 rings (SSSR count). The minimum Gasteiger partial charge on any atom is -0.445 e. The first-order valence-electron chi connectivity index (χ1n) is 10.9. The Labute approximate surface area is 227 Å². The molecular weight excluding hydrogens is 619 g/mol. The number of halogens is 9. The van der Waals surface area contributed by atoms with Gasteiger partial charge < -0.3 is 12.9 Å². The van der Waals surface area contributed by atoms with Gasteiger partial charge in [-0.15, -0.1) is 0 Å². The van der Waals surface area contributed by atoms with Gasteiger partial charge in [-0.05, 0) is 41.9 Å². The third-order valence-electron chi connectivity index (χ3n) is 5.32. The summed E-state index contributed by atoms with van der Waals surface area (Å²) in [6.45, 7) is -6.30. The first-order chi connectivity index (χ1) is 18.3. The normalized spacial score (nSPS) is 11.5. The summed E-state index contributed by atoms with van der Waals surface area (Å²) in [5.41, 5.74) is -2.16. The van der Waals surface area contributed by atoms with Crippen LogP contribution in [0.15, 0.2) is 99.2 Å². The van der Waals surface area contributed by atoms with E-state index in [1.807, 2.05) is 72.8 Å². The molecule has 0 bridgehead atoms. The van der Waals surface area contributed by atoms with Crippen molar-refractivity contribution in [3.05, 3.63) is 124 Å². The number of carbonyl (C=O) groups is 1. The van der Waals surface area contributed by atoms with Crippen LogP contribution in [0.5, 0.6) is 0 Å². The maximum atomic E-state index is 13.8. The number of carbonyl (C=O) groups excluding carboxylic acids is 1. The molecule has 0 saturated carbocycles. The Hall–Kier alpha value is -3.32. The molecule has 0 aliphatic heterocycles. The molecule has 0 fully saturated rings. The van der Waals surface area contributed by atoms with Crippen molar-refractivity contribution in [2.45, 2.75) is 9.79 Å². The van der Waals surface area contributed by atoms with Crippen molar-refractivity contribution in [1.29, 1.82) is 0 Å². The lowest BCUT2D eigenvalue weighted by atomic mass is 9.79. The van der Waals surface area contributed by atoms with Crippen molar-refractivity contribution < 1.29 is 43.9 Å². The highest BCUT2D eigenvalue weighted by Gasteiger charge is 2.38. The highest BCUT2D eigenvalue weighted by Crippen LogP contribution is 2.30. The Kier molecular flexibility index (Phi) is 9.49. The van der Waals surface area contributed by atoms with Crippen molar-refractivity contribution in [2.24, 2.45) is 0 Å². The number of Topliss-reactive ketones (excluding diaryl/α,β-unsaturated/α-hetero) is 1. The van der Waals surface area contributed by atoms with Gasteiger partial charge in [0, 0.05) is 10.0 Å². The maximum Gasteiger partial charge on any atom is 0.515 e. The van der Waals surface area contributed by atoms with Crippen LogP contribution < -0.4 is 5.46 Å². The molecule has 39 heavy (non-hydrogen) atoms. The van der Waals surface area contributed by atoms with Gasteiger partial charge in [0.25, 0.3) is 0 Å². The van der Waals surface area contributed by atoms with Crippen molar-refractivity contribution in [1.82, 2.24) is 0 Å². The average molecular weight is 635 g/mol. The highest BCUT2D eigenvalue weighted by atomic mass is 79.9. The van der Waals surface area contributed by atoms with Crippen LogP contribution in [0.25, 0.3) is 0 Å². The van der Waals surface area contributed by atoms with E-state index < -0.39 is 51.5 Å². The zero-order valence-corrected chi connectivity index (χ0v) is 21.9. The summed E-state index contributed by atoms with van der Waals surface area (Å²) in [6.07, 6.45) is 0. The molecule has 0 unspecified atom stereocenters. The summed E-state index contributed by atoms with van der Waals surface area (Å²) in [5.74, 6) is -13.7. The van der Waals surface area contributed by atoms with E-state index in [9.17, 15) is 43.9 Å². The summed E-state index contributed by atoms with van der Waals surface area (Å²) < 4.78 is 112. The van der Waals surface area contributed by atoms with Gasteiger partial charge in [-0.1, -0.05) is 68.7 Å². The monoisotopic (exact) mass is 634 g/mol. The van der Waals surface area contributed by atoms with Crippen LogP contribution in [0.1, 0.15) is 10.4 Å². The molecule has 0 radical (unpaired) electrons. The summed E-state index contributed by atoms with van der Waals surface area (Å²) in [7, 11) is -2.67. The number of hydrogen-bond donors (Lipinski definition) is 0. The first-order valence-corrected chi connectivity index (χ1v) is 13.4. The summed E-state index contributed by atoms with van der Waals surface area (Å²) >= 11 is 3.36. The average Bonchev–Trinajstić information content (AvgIpc) is 2.91. The van der Waals surface area contributed by atoms with Crippen molar-refractivity contribution in [3.63, 3.8) is 0 Å². The molecule has 4 aromatic rings. The third-order valence-corrected chi connectivity index (χ3v) is 8.58. The van der Waals surface area contributed by atoms with E-state index in [0.29, 0.717) is 15.4 Å². The molecule has 0 aliphatic carbocycles. The van der Waals surface area contributed by atoms with Crippen LogP contribution in [0.4, 0.5) is 34.9 Å². The number of rotatable bonds is 6. The summed E-state index contributed by atoms with van der Waals surface area (Å²) in [6, 6.07) is 25.6. The molecule has 13 heteroatoms. The Morgan fingerprint density at radius 3 is 1.41 bits per heavy atom. The van der Waals surface area contributed by atoms with Gasteiger partial charge in [-0.2, -0.15) is 0 Å². The molecule has 0 heterocycles. The summed E-state index contributed by atoms with van der Waals surface area (Å²) in [4.78, 5) is 14.1. The Morgan fingerprint density at radius 1 is 0.641 bits per heavy atom. The maximum absolute atomic E-state index is 13.8.